The summed E-state index contributed by atoms with van der Waals surface area (Å²) in [5, 5.41) is 7.65. The van der Waals surface area contributed by atoms with Crippen LogP contribution in [0.5, 0.6) is 0 Å². The molecule has 0 spiro atoms. The van der Waals surface area contributed by atoms with E-state index < -0.39 is 6.04 Å². The largest absolute Gasteiger partial charge is 0.422 e. The van der Waals surface area contributed by atoms with Crippen LogP contribution in [0, 0.1) is 0 Å². The molecule has 0 unspecified atom stereocenters. The van der Waals surface area contributed by atoms with Crippen molar-refractivity contribution in [3.63, 3.8) is 0 Å². The molecular formula is C26H15Cl2NO2. The van der Waals surface area contributed by atoms with Crippen LogP contribution in [0.1, 0.15) is 17.2 Å². The SMILES string of the molecule is O=c1oc2ccccc2c2c1[C@H](c1ccc(Cl)cc1Cl)Nc1ccc3ccccc3c1-2. The van der Waals surface area contributed by atoms with Crippen molar-refractivity contribution in [3.05, 3.63) is 110 Å². The van der Waals surface area contributed by atoms with Gasteiger partial charge in [0, 0.05) is 32.2 Å². The predicted molar refractivity (Wildman–Crippen MR) is 127 cm³/mol. The molecule has 2 heterocycles. The number of fused-ring (bicyclic) bond motifs is 7. The van der Waals surface area contributed by atoms with E-state index in [9.17, 15) is 4.79 Å². The molecule has 1 aliphatic rings. The van der Waals surface area contributed by atoms with E-state index in [1.165, 1.54) is 0 Å². The van der Waals surface area contributed by atoms with Gasteiger partial charge >= 0.3 is 5.63 Å². The van der Waals surface area contributed by atoms with Crippen molar-refractivity contribution in [1.29, 1.82) is 0 Å². The molecule has 6 rings (SSSR count). The molecule has 1 N–H and O–H groups in total. The fourth-order valence-corrected chi connectivity index (χ4v) is 5.07. The zero-order chi connectivity index (χ0) is 21.1. The van der Waals surface area contributed by atoms with E-state index in [1.54, 1.807) is 12.1 Å². The molecule has 0 radical (unpaired) electrons. The summed E-state index contributed by atoms with van der Waals surface area (Å²) in [6.07, 6.45) is 0. The third-order valence-corrected chi connectivity index (χ3v) is 6.45. The predicted octanol–water partition coefficient (Wildman–Crippen LogP) is 7.43. The maximum atomic E-state index is 13.3. The van der Waals surface area contributed by atoms with E-state index in [-0.39, 0.29) is 5.63 Å². The quantitative estimate of drug-likeness (QED) is 0.273. The van der Waals surface area contributed by atoms with Gasteiger partial charge in [-0.05, 0) is 40.6 Å². The van der Waals surface area contributed by atoms with Crippen LogP contribution in [0.25, 0.3) is 32.9 Å². The molecule has 0 bridgehead atoms. The summed E-state index contributed by atoms with van der Waals surface area (Å²) in [6.45, 7) is 0. The van der Waals surface area contributed by atoms with Gasteiger partial charge in [-0.15, -0.1) is 0 Å². The maximum absolute atomic E-state index is 13.3. The number of rotatable bonds is 1. The van der Waals surface area contributed by atoms with E-state index in [1.807, 2.05) is 42.5 Å². The molecule has 0 saturated carbocycles. The van der Waals surface area contributed by atoms with Gasteiger partial charge < -0.3 is 9.73 Å². The number of halogens is 2. The molecule has 4 aromatic carbocycles. The number of nitrogens with one attached hydrogen (secondary N) is 1. The van der Waals surface area contributed by atoms with Gasteiger partial charge in [-0.3, -0.25) is 0 Å². The highest BCUT2D eigenvalue weighted by molar-refractivity contribution is 6.35. The molecule has 31 heavy (non-hydrogen) atoms. The van der Waals surface area contributed by atoms with Crippen molar-refractivity contribution >= 4 is 50.6 Å². The number of hydrogen-bond acceptors (Lipinski definition) is 3. The fourth-order valence-electron chi connectivity index (χ4n) is 4.55. The highest BCUT2D eigenvalue weighted by Gasteiger charge is 2.33. The first-order chi connectivity index (χ1) is 15.1. The first-order valence-corrected chi connectivity index (χ1v) is 10.7. The van der Waals surface area contributed by atoms with Gasteiger partial charge in [0.25, 0.3) is 0 Å². The van der Waals surface area contributed by atoms with Gasteiger partial charge in [0.15, 0.2) is 0 Å². The van der Waals surface area contributed by atoms with Crippen LogP contribution in [0.15, 0.2) is 88.1 Å². The van der Waals surface area contributed by atoms with Gasteiger partial charge in [0.05, 0.1) is 11.6 Å². The van der Waals surface area contributed by atoms with Crippen LogP contribution in [-0.2, 0) is 0 Å². The van der Waals surface area contributed by atoms with Crippen LogP contribution in [0.3, 0.4) is 0 Å². The summed E-state index contributed by atoms with van der Waals surface area (Å²) >= 11 is 12.7. The van der Waals surface area contributed by atoms with Crippen molar-refractivity contribution in [1.82, 2.24) is 0 Å². The standard InChI is InChI=1S/C26H15Cl2NO2/c27-15-10-11-17(19(28)13-15)25-24-23(18-7-3-4-8-21(18)31-26(24)30)22-16-6-2-1-5-14(16)9-12-20(22)29-25/h1-13,25,29H/t25-/m0/s1. The lowest BCUT2D eigenvalue weighted by Crippen LogP contribution is -2.25. The minimum Gasteiger partial charge on any atom is -0.422 e. The topological polar surface area (TPSA) is 42.2 Å². The Hall–Kier alpha value is -3.27. The number of para-hydroxylation sites is 1. The Morgan fingerprint density at radius 2 is 1.58 bits per heavy atom. The van der Waals surface area contributed by atoms with Gasteiger partial charge in [0.2, 0.25) is 0 Å². The second kappa shape index (κ2) is 6.88. The Bertz CT molecular complexity index is 1570. The number of hydrogen-bond donors (Lipinski definition) is 1. The van der Waals surface area contributed by atoms with Crippen molar-refractivity contribution in [2.45, 2.75) is 6.04 Å². The van der Waals surface area contributed by atoms with E-state index in [4.69, 9.17) is 27.6 Å². The van der Waals surface area contributed by atoms with Crippen LogP contribution in [0.2, 0.25) is 10.0 Å². The zero-order valence-electron chi connectivity index (χ0n) is 16.2. The molecule has 1 atom stereocenters. The van der Waals surface area contributed by atoms with Crippen molar-refractivity contribution < 1.29 is 4.42 Å². The second-order valence-corrected chi connectivity index (χ2v) is 8.47. The second-order valence-electron chi connectivity index (χ2n) is 7.63. The van der Waals surface area contributed by atoms with Crippen LogP contribution in [-0.4, -0.2) is 0 Å². The minimum absolute atomic E-state index is 0.379. The smallest absolute Gasteiger partial charge is 0.342 e. The van der Waals surface area contributed by atoms with Gasteiger partial charge in [-0.25, -0.2) is 4.79 Å². The summed E-state index contributed by atoms with van der Waals surface area (Å²) in [4.78, 5) is 13.3. The monoisotopic (exact) mass is 443 g/mol. The van der Waals surface area contributed by atoms with Crippen molar-refractivity contribution in [2.24, 2.45) is 0 Å². The third kappa shape index (κ3) is 2.78. The number of benzene rings is 4. The van der Waals surface area contributed by atoms with E-state index in [0.717, 1.165) is 38.5 Å². The minimum atomic E-state index is -0.464. The van der Waals surface area contributed by atoms with E-state index in [2.05, 4.69) is 29.6 Å². The van der Waals surface area contributed by atoms with E-state index >= 15 is 0 Å². The molecule has 0 amide bonds. The first-order valence-electron chi connectivity index (χ1n) is 9.91. The molecule has 1 aliphatic heterocycles. The van der Waals surface area contributed by atoms with E-state index in [0.29, 0.717) is 21.2 Å². The average molecular weight is 444 g/mol. The summed E-state index contributed by atoms with van der Waals surface area (Å²) in [5.41, 5.74) is 4.33. The summed E-state index contributed by atoms with van der Waals surface area (Å²) < 4.78 is 5.74. The van der Waals surface area contributed by atoms with Gasteiger partial charge in [-0.1, -0.05) is 77.8 Å². The molecule has 3 nitrogen and oxygen atoms in total. The molecular weight excluding hydrogens is 429 g/mol. The Balaban J connectivity index is 1.78. The highest BCUT2D eigenvalue weighted by atomic mass is 35.5. The van der Waals surface area contributed by atoms with Gasteiger partial charge in [-0.2, -0.15) is 0 Å². The normalized spacial score (nSPS) is 14.8. The average Bonchev–Trinajstić information content (AvgIpc) is 2.78. The Kier molecular flexibility index (Phi) is 4.10. The third-order valence-electron chi connectivity index (χ3n) is 5.89. The Labute approximate surface area is 187 Å². The molecule has 0 fully saturated rings. The van der Waals surface area contributed by atoms with Crippen molar-refractivity contribution in [2.75, 3.05) is 5.32 Å². The summed E-state index contributed by atoms with van der Waals surface area (Å²) in [6, 6.07) is 24.8. The molecule has 150 valence electrons. The molecule has 0 aliphatic carbocycles. The summed E-state index contributed by atoms with van der Waals surface area (Å²) in [5.74, 6) is 0. The zero-order valence-corrected chi connectivity index (χ0v) is 17.7. The fraction of sp³-hybridized carbons (Fsp3) is 0.0385. The summed E-state index contributed by atoms with van der Waals surface area (Å²) in [7, 11) is 0. The first kappa shape index (κ1) is 18.5. The maximum Gasteiger partial charge on any atom is 0.342 e. The Morgan fingerprint density at radius 3 is 2.42 bits per heavy atom. The molecule has 0 saturated heterocycles. The molecule has 1 aromatic heterocycles. The Morgan fingerprint density at radius 1 is 0.806 bits per heavy atom. The lowest BCUT2D eigenvalue weighted by atomic mass is 9.83. The van der Waals surface area contributed by atoms with Crippen molar-refractivity contribution in [3.8, 4) is 11.1 Å². The van der Waals surface area contributed by atoms with Crippen LogP contribution >= 0.6 is 23.2 Å². The van der Waals surface area contributed by atoms with Gasteiger partial charge in [0.1, 0.15) is 5.58 Å². The molecule has 5 heteroatoms. The lowest BCUT2D eigenvalue weighted by Gasteiger charge is -2.31. The molecule has 5 aromatic rings. The number of anilines is 1. The lowest BCUT2D eigenvalue weighted by molar-refractivity contribution is 0.547. The highest BCUT2D eigenvalue weighted by Crippen LogP contribution is 2.48. The van der Waals surface area contributed by atoms with Crippen LogP contribution in [0.4, 0.5) is 5.69 Å². The van der Waals surface area contributed by atoms with Crippen LogP contribution < -0.4 is 10.9 Å².